The molecule has 0 unspecified atom stereocenters. The van der Waals surface area contributed by atoms with Gasteiger partial charge in [0.1, 0.15) is 0 Å². The van der Waals surface area contributed by atoms with Gasteiger partial charge >= 0.3 is 0 Å². The molecule has 0 radical (unpaired) electrons. The fourth-order valence-corrected chi connectivity index (χ4v) is 3.34. The first-order valence-electron chi connectivity index (χ1n) is 8.02. The minimum absolute atomic E-state index is 0.0909. The number of amides is 1. The van der Waals surface area contributed by atoms with Crippen LogP contribution < -0.4 is 4.90 Å². The first kappa shape index (κ1) is 17.3. The zero-order valence-electron chi connectivity index (χ0n) is 13.8. The van der Waals surface area contributed by atoms with E-state index in [1.165, 1.54) is 11.1 Å². The molecule has 1 amide bonds. The van der Waals surface area contributed by atoms with Gasteiger partial charge in [-0.25, -0.2) is 0 Å². The van der Waals surface area contributed by atoms with Gasteiger partial charge < -0.3 is 4.90 Å². The molecule has 1 aliphatic heterocycles. The highest BCUT2D eigenvalue weighted by atomic mass is 35.5. The number of halogens is 2. The van der Waals surface area contributed by atoms with Crippen LogP contribution in [0.25, 0.3) is 0 Å². The molecule has 0 aromatic heterocycles. The van der Waals surface area contributed by atoms with Crippen LogP contribution in [0.15, 0.2) is 42.5 Å². The van der Waals surface area contributed by atoms with Crippen LogP contribution in [0, 0.1) is 6.92 Å². The number of aryl methyl sites for hydroxylation is 1. The molecular weight excluding hydrogens is 343 g/mol. The summed E-state index contributed by atoms with van der Waals surface area (Å²) in [7, 11) is 0. The number of carbonyl (C=O) groups is 1. The van der Waals surface area contributed by atoms with Gasteiger partial charge in [0.2, 0.25) is 5.91 Å². The van der Waals surface area contributed by atoms with E-state index in [1.54, 1.807) is 17.0 Å². The minimum Gasteiger partial charge on any atom is -0.310 e. The summed E-state index contributed by atoms with van der Waals surface area (Å²) in [5.41, 5.74) is 3.32. The third-order valence-corrected chi connectivity index (χ3v) is 5.37. The van der Waals surface area contributed by atoms with Gasteiger partial charge in [-0.2, -0.15) is 0 Å². The van der Waals surface area contributed by atoms with Crippen LogP contribution in [0.1, 0.15) is 18.1 Å². The third-order valence-electron chi connectivity index (χ3n) is 4.63. The van der Waals surface area contributed by atoms with Crippen LogP contribution >= 0.6 is 23.2 Å². The number of rotatable bonds is 3. The van der Waals surface area contributed by atoms with Gasteiger partial charge in [-0.3, -0.25) is 9.69 Å². The van der Waals surface area contributed by atoms with Crippen LogP contribution in [0.3, 0.4) is 0 Å². The molecule has 0 saturated carbocycles. The number of hydrogen-bond donors (Lipinski definition) is 0. The Labute approximate surface area is 152 Å². The van der Waals surface area contributed by atoms with Crippen molar-refractivity contribution in [3.8, 4) is 0 Å². The monoisotopic (exact) mass is 362 g/mol. The highest BCUT2D eigenvalue weighted by Gasteiger charge is 2.32. The number of hydrogen-bond acceptors (Lipinski definition) is 2. The van der Waals surface area contributed by atoms with Gasteiger partial charge in [0.15, 0.2) is 0 Å². The number of anilines is 1. The standard InChI is InChI=1S/C19H20Cl2N2O/c1-13-5-3-4-6-15(13)12-22-9-10-23(19(24)14(22)2)16-7-8-17(20)18(21)11-16/h3-8,11,14H,9-10,12H2,1-2H3/t14-/m1/s1. The quantitative estimate of drug-likeness (QED) is 0.799. The summed E-state index contributed by atoms with van der Waals surface area (Å²) in [4.78, 5) is 16.8. The first-order chi connectivity index (χ1) is 11.5. The molecule has 1 aliphatic rings. The molecule has 0 aliphatic carbocycles. The Morgan fingerprint density at radius 3 is 2.54 bits per heavy atom. The molecule has 3 nitrogen and oxygen atoms in total. The van der Waals surface area contributed by atoms with Gasteiger partial charge in [0.25, 0.3) is 0 Å². The summed E-state index contributed by atoms with van der Waals surface area (Å²) in [6, 6.07) is 13.5. The summed E-state index contributed by atoms with van der Waals surface area (Å²) in [5, 5.41) is 0.969. The number of benzene rings is 2. The Kier molecular flexibility index (Phi) is 5.14. The average molecular weight is 363 g/mol. The summed E-state index contributed by atoms with van der Waals surface area (Å²) < 4.78 is 0. The maximum Gasteiger partial charge on any atom is 0.244 e. The molecule has 1 fully saturated rings. The van der Waals surface area contributed by atoms with Crippen LogP contribution in [0.2, 0.25) is 10.0 Å². The van der Waals surface area contributed by atoms with E-state index < -0.39 is 0 Å². The highest BCUT2D eigenvalue weighted by molar-refractivity contribution is 6.42. The zero-order chi connectivity index (χ0) is 17.3. The first-order valence-corrected chi connectivity index (χ1v) is 8.78. The number of carbonyl (C=O) groups excluding carboxylic acids is 1. The van der Waals surface area contributed by atoms with E-state index in [9.17, 15) is 4.79 Å². The molecule has 1 atom stereocenters. The maximum atomic E-state index is 12.8. The van der Waals surface area contributed by atoms with Crippen molar-refractivity contribution in [3.05, 3.63) is 63.6 Å². The lowest BCUT2D eigenvalue weighted by atomic mass is 10.1. The molecule has 0 bridgehead atoms. The van der Waals surface area contributed by atoms with Crippen molar-refractivity contribution in [3.63, 3.8) is 0 Å². The molecule has 0 spiro atoms. The van der Waals surface area contributed by atoms with Crippen molar-refractivity contribution in [1.29, 1.82) is 0 Å². The Balaban J connectivity index is 1.76. The molecule has 1 saturated heterocycles. The predicted molar refractivity (Wildman–Crippen MR) is 99.9 cm³/mol. The molecule has 24 heavy (non-hydrogen) atoms. The normalized spacial score (nSPS) is 18.9. The molecule has 2 aromatic rings. The molecular formula is C19H20Cl2N2O. The Morgan fingerprint density at radius 1 is 1.08 bits per heavy atom. The zero-order valence-corrected chi connectivity index (χ0v) is 15.3. The van der Waals surface area contributed by atoms with E-state index in [0.29, 0.717) is 16.6 Å². The van der Waals surface area contributed by atoms with Gasteiger partial charge in [-0.15, -0.1) is 0 Å². The SMILES string of the molecule is Cc1ccccc1CN1CCN(c2ccc(Cl)c(Cl)c2)C(=O)[C@H]1C. The fourth-order valence-electron chi connectivity index (χ4n) is 3.05. The largest absolute Gasteiger partial charge is 0.310 e. The van der Waals surface area contributed by atoms with Gasteiger partial charge in [0.05, 0.1) is 16.1 Å². The molecule has 5 heteroatoms. The van der Waals surface area contributed by atoms with Crippen LogP contribution in [-0.2, 0) is 11.3 Å². The molecule has 1 heterocycles. The Hall–Kier alpha value is -1.55. The van der Waals surface area contributed by atoms with Crippen molar-refractivity contribution >= 4 is 34.8 Å². The van der Waals surface area contributed by atoms with E-state index in [4.69, 9.17) is 23.2 Å². The number of nitrogens with zero attached hydrogens (tertiary/aromatic N) is 2. The average Bonchev–Trinajstić information content (AvgIpc) is 2.57. The predicted octanol–water partition coefficient (Wildman–Crippen LogP) is 4.54. The van der Waals surface area contributed by atoms with Gasteiger partial charge in [-0.1, -0.05) is 47.5 Å². The van der Waals surface area contributed by atoms with Gasteiger partial charge in [0, 0.05) is 25.3 Å². The maximum absolute atomic E-state index is 12.8. The van der Waals surface area contributed by atoms with Crippen molar-refractivity contribution in [2.45, 2.75) is 26.4 Å². The minimum atomic E-state index is -0.173. The molecule has 3 rings (SSSR count). The van der Waals surface area contributed by atoms with E-state index in [0.717, 1.165) is 18.8 Å². The van der Waals surface area contributed by atoms with Crippen molar-refractivity contribution in [1.82, 2.24) is 4.90 Å². The summed E-state index contributed by atoms with van der Waals surface area (Å²) in [6.45, 7) is 6.32. The van der Waals surface area contributed by atoms with Crippen molar-refractivity contribution in [2.75, 3.05) is 18.0 Å². The topological polar surface area (TPSA) is 23.6 Å². The van der Waals surface area contributed by atoms with E-state index >= 15 is 0 Å². The lowest BCUT2D eigenvalue weighted by Crippen LogP contribution is -2.55. The van der Waals surface area contributed by atoms with Crippen LogP contribution in [0.4, 0.5) is 5.69 Å². The van der Waals surface area contributed by atoms with E-state index in [2.05, 4.69) is 24.0 Å². The third kappa shape index (κ3) is 3.44. The second kappa shape index (κ2) is 7.14. The summed E-state index contributed by atoms with van der Waals surface area (Å²) in [6.07, 6.45) is 0. The van der Waals surface area contributed by atoms with Crippen LogP contribution in [-0.4, -0.2) is 29.9 Å². The molecule has 2 aromatic carbocycles. The Morgan fingerprint density at radius 2 is 1.83 bits per heavy atom. The highest BCUT2D eigenvalue weighted by Crippen LogP contribution is 2.29. The van der Waals surface area contributed by atoms with Gasteiger partial charge in [-0.05, 0) is 43.2 Å². The fraction of sp³-hybridized carbons (Fsp3) is 0.316. The lowest BCUT2D eigenvalue weighted by molar-refractivity contribution is -0.125. The van der Waals surface area contributed by atoms with Crippen LogP contribution in [0.5, 0.6) is 0 Å². The lowest BCUT2D eigenvalue weighted by Gasteiger charge is -2.39. The second-order valence-electron chi connectivity index (χ2n) is 6.16. The van der Waals surface area contributed by atoms with E-state index in [1.807, 2.05) is 25.1 Å². The molecule has 0 N–H and O–H groups in total. The van der Waals surface area contributed by atoms with Crippen molar-refractivity contribution < 1.29 is 4.79 Å². The summed E-state index contributed by atoms with van der Waals surface area (Å²) >= 11 is 12.1. The smallest absolute Gasteiger partial charge is 0.244 e. The Bertz CT molecular complexity index is 763. The van der Waals surface area contributed by atoms with E-state index in [-0.39, 0.29) is 11.9 Å². The molecule has 126 valence electrons. The summed E-state index contributed by atoms with van der Waals surface area (Å²) in [5.74, 6) is 0.0909. The second-order valence-corrected chi connectivity index (χ2v) is 6.98. The number of piperazine rings is 1. The van der Waals surface area contributed by atoms with Crippen molar-refractivity contribution in [2.24, 2.45) is 0 Å².